The third-order valence-corrected chi connectivity index (χ3v) is 8.47. The highest BCUT2D eigenvalue weighted by molar-refractivity contribution is 6.02. The fourth-order valence-corrected chi connectivity index (χ4v) is 6.26. The highest BCUT2D eigenvalue weighted by atomic mass is 16.3. The Labute approximate surface area is 269 Å². The van der Waals surface area contributed by atoms with Gasteiger partial charge < -0.3 is 9.32 Å². The maximum Gasteiger partial charge on any atom is 0.143 e. The average Bonchev–Trinajstić information content (AvgIpc) is 3.53. The van der Waals surface area contributed by atoms with E-state index in [1.165, 1.54) is 11.1 Å². The van der Waals surface area contributed by atoms with Crippen molar-refractivity contribution < 1.29 is 4.42 Å². The van der Waals surface area contributed by atoms with Gasteiger partial charge in [-0.25, -0.2) is 0 Å². The lowest BCUT2D eigenvalue weighted by atomic mass is 9.96. The number of furan rings is 1. The molecule has 0 saturated heterocycles. The number of hydrogen-bond donors (Lipinski definition) is 0. The van der Waals surface area contributed by atoms with Crippen LogP contribution in [0.2, 0.25) is 0 Å². The van der Waals surface area contributed by atoms with Crippen molar-refractivity contribution >= 4 is 28.0 Å². The highest BCUT2D eigenvalue weighted by Crippen LogP contribution is 2.42. The van der Waals surface area contributed by atoms with Crippen LogP contribution in [0.1, 0.15) is 0 Å². The number of hydrogen-bond acceptors (Lipinski definition) is 2. The third-order valence-electron chi connectivity index (χ3n) is 8.47. The van der Waals surface area contributed by atoms with E-state index in [0.29, 0.717) is 0 Å². The van der Waals surface area contributed by atoms with Gasteiger partial charge in [-0.3, -0.25) is 0 Å². The van der Waals surface area contributed by atoms with E-state index in [1.807, 2.05) is 12.1 Å². The second kappa shape index (κ2) is 12.1. The van der Waals surface area contributed by atoms with E-state index in [2.05, 4.69) is 181 Å². The number of benzene rings is 7. The van der Waals surface area contributed by atoms with Crippen LogP contribution in [0.25, 0.3) is 55.7 Å². The first-order valence-electron chi connectivity index (χ1n) is 15.6. The molecule has 0 aliphatic rings. The van der Waals surface area contributed by atoms with E-state index in [1.54, 1.807) is 0 Å². The van der Waals surface area contributed by atoms with Crippen molar-refractivity contribution in [3.05, 3.63) is 188 Å². The molecule has 8 rings (SSSR count). The molecule has 8 aromatic rings. The van der Waals surface area contributed by atoms with Gasteiger partial charge in [-0.15, -0.1) is 0 Å². The zero-order valence-electron chi connectivity index (χ0n) is 25.3. The first-order chi connectivity index (χ1) is 22.8. The van der Waals surface area contributed by atoms with Crippen LogP contribution in [-0.4, -0.2) is 0 Å². The molecule has 0 bridgehead atoms. The first kappa shape index (κ1) is 27.4. The van der Waals surface area contributed by atoms with Gasteiger partial charge in [-0.1, -0.05) is 140 Å². The van der Waals surface area contributed by atoms with Crippen LogP contribution >= 0.6 is 0 Å². The average molecular weight is 590 g/mol. The normalized spacial score (nSPS) is 11.0. The van der Waals surface area contributed by atoms with Gasteiger partial charge in [-0.05, 0) is 76.3 Å². The van der Waals surface area contributed by atoms with Crippen LogP contribution in [0.3, 0.4) is 0 Å². The highest BCUT2D eigenvalue weighted by Gasteiger charge is 2.18. The van der Waals surface area contributed by atoms with Gasteiger partial charge in [0.05, 0.1) is 0 Å². The maximum atomic E-state index is 6.51. The number of anilines is 3. The van der Waals surface area contributed by atoms with Crippen LogP contribution in [0.15, 0.2) is 192 Å². The lowest BCUT2D eigenvalue weighted by Crippen LogP contribution is -2.09. The predicted molar refractivity (Wildman–Crippen MR) is 193 cm³/mol. The van der Waals surface area contributed by atoms with Gasteiger partial charge in [0.15, 0.2) is 0 Å². The van der Waals surface area contributed by atoms with Gasteiger partial charge in [0.25, 0.3) is 0 Å². The van der Waals surface area contributed by atoms with Crippen LogP contribution in [0.5, 0.6) is 0 Å². The molecule has 2 heteroatoms. The van der Waals surface area contributed by atoms with Gasteiger partial charge in [-0.2, -0.15) is 0 Å². The topological polar surface area (TPSA) is 16.4 Å². The molecule has 0 N–H and O–H groups in total. The van der Waals surface area contributed by atoms with Gasteiger partial charge in [0.1, 0.15) is 11.3 Å². The maximum absolute atomic E-state index is 6.51. The monoisotopic (exact) mass is 589 g/mol. The van der Waals surface area contributed by atoms with Crippen molar-refractivity contribution in [1.82, 2.24) is 0 Å². The number of rotatable bonds is 7. The molecule has 7 aromatic carbocycles. The molecule has 0 unspecified atom stereocenters. The van der Waals surface area contributed by atoms with Crippen molar-refractivity contribution in [2.24, 2.45) is 0 Å². The van der Waals surface area contributed by atoms with Gasteiger partial charge in [0.2, 0.25) is 0 Å². The van der Waals surface area contributed by atoms with E-state index >= 15 is 0 Å². The summed E-state index contributed by atoms with van der Waals surface area (Å²) in [5.74, 6) is 0.888. The van der Waals surface area contributed by atoms with Crippen LogP contribution in [0, 0.1) is 0 Å². The van der Waals surface area contributed by atoms with E-state index in [9.17, 15) is 0 Å². The quantitative estimate of drug-likeness (QED) is 0.184. The fourth-order valence-electron chi connectivity index (χ4n) is 6.26. The zero-order valence-corrected chi connectivity index (χ0v) is 25.3. The first-order valence-corrected chi connectivity index (χ1v) is 15.6. The second-order valence-corrected chi connectivity index (χ2v) is 11.4. The lowest BCUT2D eigenvalue weighted by Gasteiger charge is -2.26. The Morgan fingerprint density at radius 3 is 1.57 bits per heavy atom. The third kappa shape index (κ3) is 5.27. The standard InChI is InChI=1S/C44H31NO/c1-4-14-32(15-5-1)36-19-13-23-40(31-36)45(38-21-8-3-9-22-38)39-28-26-33(27-29-39)35-18-12-20-37(30-35)44-43(34-16-6-2-7-17-34)41-24-10-11-25-42(41)46-44/h1-31H. The summed E-state index contributed by atoms with van der Waals surface area (Å²) < 4.78 is 6.51. The van der Waals surface area contributed by atoms with Crippen molar-refractivity contribution in [2.75, 3.05) is 4.90 Å². The Morgan fingerprint density at radius 1 is 0.326 bits per heavy atom. The summed E-state index contributed by atoms with van der Waals surface area (Å²) in [5.41, 5.74) is 12.2. The summed E-state index contributed by atoms with van der Waals surface area (Å²) in [7, 11) is 0. The molecular formula is C44H31NO. The van der Waals surface area contributed by atoms with Crippen molar-refractivity contribution in [1.29, 1.82) is 0 Å². The molecule has 0 atom stereocenters. The minimum absolute atomic E-state index is 0.888. The molecule has 1 aromatic heterocycles. The van der Waals surface area contributed by atoms with E-state index in [-0.39, 0.29) is 0 Å². The molecule has 0 saturated carbocycles. The molecule has 0 fully saturated rings. The van der Waals surface area contributed by atoms with Crippen molar-refractivity contribution in [2.45, 2.75) is 0 Å². The summed E-state index contributed by atoms with van der Waals surface area (Å²) in [6.45, 7) is 0. The van der Waals surface area contributed by atoms with Crippen LogP contribution in [0.4, 0.5) is 17.1 Å². The summed E-state index contributed by atoms with van der Waals surface area (Å²) in [6, 6.07) is 66.1. The Morgan fingerprint density at radius 2 is 0.826 bits per heavy atom. The summed E-state index contributed by atoms with van der Waals surface area (Å²) >= 11 is 0. The summed E-state index contributed by atoms with van der Waals surface area (Å²) in [5, 5.41) is 1.12. The van der Waals surface area contributed by atoms with E-state index < -0.39 is 0 Å². The lowest BCUT2D eigenvalue weighted by molar-refractivity contribution is 0.632. The van der Waals surface area contributed by atoms with Gasteiger partial charge in [0, 0.05) is 33.6 Å². The molecule has 0 aliphatic carbocycles. The largest absolute Gasteiger partial charge is 0.455 e. The van der Waals surface area contributed by atoms with Crippen molar-refractivity contribution in [3.8, 4) is 44.7 Å². The minimum Gasteiger partial charge on any atom is -0.455 e. The predicted octanol–water partition coefficient (Wildman–Crippen LogP) is 12.6. The molecule has 0 radical (unpaired) electrons. The smallest absolute Gasteiger partial charge is 0.143 e. The minimum atomic E-state index is 0.888. The van der Waals surface area contributed by atoms with E-state index in [4.69, 9.17) is 4.42 Å². The Balaban J connectivity index is 1.17. The summed E-state index contributed by atoms with van der Waals surface area (Å²) in [4.78, 5) is 2.31. The van der Waals surface area contributed by atoms with Gasteiger partial charge >= 0.3 is 0 Å². The molecule has 0 spiro atoms. The molecule has 0 aliphatic heterocycles. The number of nitrogens with zero attached hydrogens (tertiary/aromatic N) is 1. The molecule has 0 amide bonds. The summed E-state index contributed by atoms with van der Waals surface area (Å²) in [6.07, 6.45) is 0. The van der Waals surface area contributed by atoms with E-state index in [0.717, 1.165) is 61.6 Å². The number of fused-ring (bicyclic) bond motifs is 1. The molecule has 2 nitrogen and oxygen atoms in total. The molecule has 46 heavy (non-hydrogen) atoms. The molecule has 218 valence electrons. The molecular weight excluding hydrogens is 558 g/mol. The fraction of sp³-hybridized carbons (Fsp3) is 0. The molecule has 1 heterocycles. The Hall–Kier alpha value is -6.12. The Kier molecular flexibility index (Phi) is 7.22. The second-order valence-electron chi connectivity index (χ2n) is 11.4. The van der Waals surface area contributed by atoms with Crippen LogP contribution < -0.4 is 4.90 Å². The zero-order chi connectivity index (χ0) is 30.7. The Bertz CT molecular complexity index is 2230. The van der Waals surface area contributed by atoms with Crippen molar-refractivity contribution in [3.63, 3.8) is 0 Å². The number of para-hydroxylation sites is 2. The SMILES string of the molecule is c1ccc(-c2cccc(N(c3ccccc3)c3ccc(-c4cccc(-c5oc6ccccc6c5-c5ccccc5)c4)cc3)c2)cc1. The van der Waals surface area contributed by atoms with Crippen LogP contribution in [-0.2, 0) is 0 Å².